The Hall–Kier alpha value is -1.57. The van der Waals surface area contributed by atoms with Crippen molar-refractivity contribution in [2.75, 3.05) is 12.3 Å². The first-order valence-electron chi connectivity index (χ1n) is 6.06. The molecule has 0 radical (unpaired) electrons. The fraction of sp³-hybridized carbons (Fsp3) is 0.636. The van der Waals surface area contributed by atoms with Crippen LogP contribution in [-0.4, -0.2) is 49.9 Å². The molecule has 1 aromatic heterocycles. The summed E-state index contributed by atoms with van der Waals surface area (Å²) in [5.41, 5.74) is 0. The normalized spacial score (nSPS) is 21.8. The molecule has 0 saturated carbocycles. The molecule has 7 nitrogen and oxygen atoms in total. The van der Waals surface area contributed by atoms with Crippen molar-refractivity contribution in [3.05, 3.63) is 12.4 Å². The lowest BCUT2D eigenvalue weighted by molar-refractivity contribution is -0.129. The van der Waals surface area contributed by atoms with Gasteiger partial charge in [-0.25, -0.2) is 0 Å². The molecule has 2 heterocycles. The van der Waals surface area contributed by atoms with E-state index < -0.39 is 10.8 Å². The zero-order chi connectivity index (χ0) is 13.9. The average Bonchev–Trinajstić information content (AvgIpc) is 2.85. The molecule has 1 aliphatic heterocycles. The van der Waals surface area contributed by atoms with Gasteiger partial charge in [0.1, 0.15) is 6.04 Å². The molecule has 1 aliphatic rings. The monoisotopic (exact) mass is 283 g/mol. The second kappa shape index (κ2) is 5.60. The number of hydrogen-bond donors (Lipinski definition) is 2. The minimum absolute atomic E-state index is 0.0971. The van der Waals surface area contributed by atoms with E-state index in [4.69, 9.17) is 0 Å². The van der Waals surface area contributed by atoms with Crippen LogP contribution in [0.2, 0.25) is 0 Å². The molecule has 0 unspecified atom stereocenters. The van der Waals surface area contributed by atoms with Gasteiger partial charge in [-0.05, 0) is 13.8 Å². The third-order valence-electron chi connectivity index (χ3n) is 2.89. The van der Waals surface area contributed by atoms with Crippen LogP contribution in [0.3, 0.4) is 0 Å². The van der Waals surface area contributed by atoms with Crippen molar-refractivity contribution in [3.8, 4) is 0 Å². The van der Waals surface area contributed by atoms with Crippen molar-refractivity contribution in [2.45, 2.75) is 31.2 Å². The van der Waals surface area contributed by atoms with E-state index in [1.165, 1.54) is 11.8 Å². The van der Waals surface area contributed by atoms with Gasteiger partial charge in [-0.3, -0.25) is 14.3 Å². The van der Waals surface area contributed by atoms with Crippen molar-refractivity contribution in [3.63, 3.8) is 0 Å². The van der Waals surface area contributed by atoms with Gasteiger partial charge in [-0.2, -0.15) is 0 Å². The molecule has 104 valence electrons. The van der Waals surface area contributed by atoms with Crippen LogP contribution in [-0.2, 0) is 16.1 Å². The van der Waals surface area contributed by atoms with Crippen molar-refractivity contribution in [1.29, 1.82) is 0 Å². The van der Waals surface area contributed by atoms with E-state index >= 15 is 0 Å². The van der Waals surface area contributed by atoms with Gasteiger partial charge in [0, 0.05) is 18.5 Å². The quantitative estimate of drug-likeness (QED) is 0.770. The van der Waals surface area contributed by atoms with Gasteiger partial charge in [0.15, 0.2) is 0 Å². The van der Waals surface area contributed by atoms with Gasteiger partial charge in [0.05, 0.1) is 17.5 Å². The Balaban J connectivity index is 1.76. The zero-order valence-electron chi connectivity index (χ0n) is 10.9. The number of carbonyl (C=O) groups is 2. The van der Waals surface area contributed by atoms with Crippen molar-refractivity contribution >= 4 is 23.6 Å². The zero-order valence-corrected chi connectivity index (χ0v) is 11.7. The van der Waals surface area contributed by atoms with Gasteiger partial charge in [-0.1, -0.05) is 5.21 Å². The van der Waals surface area contributed by atoms with Gasteiger partial charge in [-0.15, -0.1) is 16.9 Å². The summed E-state index contributed by atoms with van der Waals surface area (Å²) in [6.45, 7) is 4.73. The summed E-state index contributed by atoms with van der Waals surface area (Å²) < 4.78 is 1.18. The maximum atomic E-state index is 11.9. The van der Waals surface area contributed by atoms with E-state index in [-0.39, 0.29) is 11.8 Å². The molecule has 2 N–H and O–H groups in total. The summed E-state index contributed by atoms with van der Waals surface area (Å²) in [6, 6.07) is -0.457. The lowest BCUT2D eigenvalue weighted by Gasteiger charge is -2.32. The van der Waals surface area contributed by atoms with E-state index in [9.17, 15) is 9.59 Å². The molecule has 1 aromatic rings. The average molecular weight is 283 g/mol. The van der Waals surface area contributed by atoms with Crippen molar-refractivity contribution < 1.29 is 9.59 Å². The Morgan fingerprint density at radius 1 is 1.68 bits per heavy atom. The van der Waals surface area contributed by atoms with Crippen LogP contribution in [0.5, 0.6) is 0 Å². The van der Waals surface area contributed by atoms with Crippen LogP contribution in [0.1, 0.15) is 13.8 Å². The lowest BCUT2D eigenvalue weighted by Crippen LogP contribution is -2.57. The highest BCUT2D eigenvalue weighted by Crippen LogP contribution is 2.28. The molecular formula is C11H17N5O2S. The lowest BCUT2D eigenvalue weighted by atomic mass is 10.1. The molecule has 0 aliphatic carbocycles. The van der Waals surface area contributed by atoms with Crippen molar-refractivity contribution in [1.82, 2.24) is 25.6 Å². The Bertz CT molecular complexity index is 460. The molecule has 2 rings (SSSR count). The van der Waals surface area contributed by atoms with E-state index in [2.05, 4.69) is 20.9 Å². The number of rotatable bonds is 4. The standard InChI is InChI=1S/C11H17N5O2S/c1-11(2)10(18)14-8(7-19-11)9(17)12-3-5-16-6-4-13-15-16/h4,6,8H,3,5,7H2,1-2H3,(H,12,17)(H,14,18)/t8-/m0/s1. The number of nitrogens with one attached hydrogen (secondary N) is 2. The first-order chi connectivity index (χ1) is 8.99. The molecule has 1 fully saturated rings. The SMILES string of the molecule is CC1(C)SC[C@@H](C(=O)NCCn2ccnn2)NC1=O. The molecular weight excluding hydrogens is 266 g/mol. The van der Waals surface area contributed by atoms with Gasteiger partial charge < -0.3 is 10.6 Å². The second-order valence-electron chi connectivity index (χ2n) is 4.80. The predicted octanol–water partition coefficient (Wildman–Crippen LogP) is -0.595. The summed E-state index contributed by atoms with van der Waals surface area (Å²) >= 11 is 1.50. The van der Waals surface area contributed by atoms with Crippen LogP contribution in [0, 0.1) is 0 Å². The molecule has 0 aromatic carbocycles. The fourth-order valence-electron chi connectivity index (χ4n) is 1.64. The minimum Gasteiger partial charge on any atom is -0.352 e. The Labute approximate surface area is 115 Å². The smallest absolute Gasteiger partial charge is 0.243 e. The van der Waals surface area contributed by atoms with Crippen LogP contribution < -0.4 is 10.6 Å². The molecule has 8 heteroatoms. The number of amides is 2. The van der Waals surface area contributed by atoms with Gasteiger partial charge in [0.2, 0.25) is 11.8 Å². The summed E-state index contributed by atoms with van der Waals surface area (Å²) in [7, 11) is 0. The topological polar surface area (TPSA) is 88.9 Å². The highest BCUT2D eigenvalue weighted by atomic mass is 32.2. The van der Waals surface area contributed by atoms with Crippen molar-refractivity contribution in [2.24, 2.45) is 0 Å². The molecule has 2 amide bonds. The molecule has 0 bridgehead atoms. The number of aromatic nitrogens is 3. The highest BCUT2D eigenvalue weighted by Gasteiger charge is 2.37. The number of carbonyl (C=O) groups excluding carboxylic acids is 2. The minimum atomic E-state index is -0.461. The highest BCUT2D eigenvalue weighted by molar-refractivity contribution is 8.01. The van der Waals surface area contributed by atoms with Crippen LogP contribution in [0.15, 0.2) is 12.4 Å². The molecule has 19 heavy (non-hydrogen) atoms. The molecule has 1 saturated heterocycles. The third-order valence-corrected chi connectivity index (χ3v) is 4.30. The largest absolute Gasteiger partial charge is 0.352 e. The van der Waals surface area contributed by atoms with Crippen LogP contribution in [0.25, 0.3) is 0 Å². The molecule has 0 spiro atoms. The Morgan fingerprint density at radius 2 is 2.47 bits per heavy atom. The number of thioether (sulfide) groups is 1. The van der Waals surface area contributed by atoms with E-state index in [0.29, 0.717) is 18.8 Å². The van der Waals surface area contributed by atoms with Crippen LogP contribution >= 0.6 is 11.8 Å². The van der Waals surface area contributed by atoms with E-state index in [1.54, 1.807) is 17.1 Å². The summed E-state index contributed by atoms with van der Waals surface area (Å²) in [4.78, 5) is 23.7. The second-order valence-corrected chi connectivity index (χ2v) is 6.45. The fourth-order valence-corrected chi connectivity index (χ4v) is 2.65. The third kappa shape index (κ3) is 3.46. The molecule has 1 atom stereocenters. The van der Waals surface area contributed by atoms with E-state index in [1.807, 2.05) is 13.8 Å². The predicted molar refractivity (Wildman–Crippen MR) is 71.5 cm³/mol. The Kier molecular flexibility index (Phi) is 4.08. The summed E-state index contributed by atoms with van der Waals surface area (Å²) in [5, 5.41) is 13.0. The van der Waals surface area contributed by atoms with Gasteiger partial charge in [0.25, 0.3) is 0 Å². The first-order valence-corrected chi connectivity index (χ1v) is 7.04. The number of nitrogens with zero attached hydrogens (tertiary/aromatic N) is 3. The van der Waals surface area contributed by atoms with E-state index in [0.717, 1.165) is 0 Å². The van der Waals surface area contributed by atoms with Gasteiger partial charge >= 0.3 is 0 Å². The number of hydrogen-bond acceptors (Lipinski definition) is 5. The summed E-state index contributed by atoms with van der Waals surface area (Å²) in [5.74, 6) is 0.338. The Morgan fingerprint density at radius 3 is 3.11 bits per heavy atom. The summed E-state index contributed by atoms with van der Waals surface area (Å²) in [6.07, 6.45) is 3.31. The first kappa shape index (κ1) is 13.9. The maximum Gasteiger partial charge on any atom is 0.243 e. The maximum absolute atomic E-state index is 11.9. The van der Waals surface area contributed by atoms with Crippen LogP contribution in [0.4, 0.5) is 0 Å².